The van der Waals surface area contributed by atoms with E-state index in [2.05, 4.69) is 41.8 Å². The summed E-state index contributed by atoms with van der Waals surface area (Å²) in [5.74, 6) is -0.246. The Morgan fingerprint density at radius 1 is 0.750 bits per heavy atom. The third-order valence-corrected chi connectivity index (χ3v) is 6.60. The summed E-state index contributed by atoms with van der Waals surface area (Å²) >= 11 is 0. The number of alkyl carbamates (subject to hydrolysis) is 1. The molecule has 0 fully saturated rings. The highest BCUT2D eigenvalue weighted by molar-refractivity contribution is 5.80. The molecule has 0 saturated carbocycles. The van der Waals surface area contributed by atoms with E-state index in [4.69, 9.17) is 15.2 Å². The lowest BCUT2D eigenvalue weighted by Gasteiger charge is -2.10. The van der Waals surface area contributed by atoms with Crippen molar-refractivity contribution in [2.75, 3.05) is 13.1 Å². The molecule has 4 rings (SSSR count). The van der Waals surface area contributed by atoms with Crippen molar-refractivity contribution in [1.82, 2.24) is 10.6 Å². The molecule has 0 aromatic heterocycles. The molecule has 4 aromatic carbocycles. The summed E-state index contributed by atoms with van der Waals surface area (Å²) in [4.78, 5) is 21.3. The van der Waals surface area contributed by atoms with Crippen LogP contribution in [0.4, 0.5) is 9.18 Å². The van der Waals surface area contributed by atoms with E-state index in [1.54, 1.807) is 6.07 Å². The van der Waals surface area contributed by atoms with Gasteiger partial charge in [-0.1, -0.05) is 91.9 Å². The van der Waals surface area contributed by atoms with Crippen LogP contribution in [0.5, 0.6) is 5.75 Å². The smallest absolute Gasteiger partial charge is 0.407 e. The number of nitrogens with two attached hydrogens (primary N) is 1. The molecule has 232 valence electrons. The third kappa shape index (κ3) is 14.0. The second kappa shape index (κ2) is 19.5. The summed E-state index contributed by atoms with van der Waals surface area (Å²) < 4.78 is 24.5. The van der Waals surface area contributed by atoms with Crippen molar-refractivity contribution < 1.29 is 23.5 Å². The zero-order valence-electron chi connectivity index (χ0n) is 25.3. The van der Waals surface area contributed by atoms with Crippen LogP contribution in [0.15, 0.2) is 103 Å². The van der Waals surface area contributed by atoms with Crippen LogP contribution < -0.4 is 21.1 Å². The number of carbonyl (C=O) groups excluding carboxylic acids is 2. The minimum Gasteiger partial charge on any atom is -0.489 e. The Labute approximate surface area is 259 Å². The molecule has 0 aliphatic heterocycles. The summed E-state index contributed by atoms with van der Waals surface area (Å²) in [5, 5.41) is 5.72. The van der Waals surface area contributed by atoms with Crippen LogP contribution in [0.3, 0.4) is 0 Å². The number of benzene rings is 4. The van der Waals surface area contributed by atoms with Gasteiger partial charge >= 0.3 is 6.09 Å². The number of unbranched alkanes of at least 4 members (excludes halogenated alkanes) is 1. The fraction of sp³-hybridized carbons (Fsp3) is 0.278. The molecule has 4 N–H and O–H groups in total. The van der Waals surface area contributed by atoms with Crippen LogP contribution in [0.25, 0.3) is 0 Å². The van der Waals surface area contributed by atoms with Gasteiger partial charge in [-0.15, -0.1) is 0 Å². The van der Waals surface area contributed by atoms with Crippen molar-refractivity contribution in [3.63, 3.8) is 0 Å². The van der Waals surface area contributed by atoms with Gasteiger partial charge in [-0.3, -0.25) is 4.79 Å². The van der Waals surface area contributed by atoms with Gasteiger partial charge in [0, 0.05) is 12.6 Å². The maximum absolute atomic E-state index is 13.9. The second-order valence-electron chi connectivity index (χ2n) is 10.3. The van der Waals surface area contributed by atoms with E-state index < -0.39 is 12.0 Å². The first kappa shape index (κ1) is 33.8. The molecule has 0 bridgehead atoms. The first-order valence-corrected chi connectivity index (χ1v) is 14.9. The predicted octanol–water partition coefficient (Wildman–Crippen LogP) is 6.48. The lowest BCUT2D eigenvalue weighted by Crippen LogP contribution is -2.33. The topological polar surface area (TPSA) is 103 Å². The van der Waals surface area contributed by atoms with Gasteiger partial charge in [0.05, 0.1) is 6.54 Å². The number of amides is 2. The van der Waals surface area contributed by atoms with E-state index in [9.17, 15) is 14.0 Å². The Bertz CT molecular complexity index is 1420. The number of halogens is 1. The SMILES string of the molecule is CCc1cccc(CNCCCCc2cc(F)cc(OCc3ccccc3)c2)c1.NC(=O)CNC(=O)OCc1ccccc1. The summed E-state index contributed by atoms with van der Waals surface area (Å²) in [7, 11) is 0. The van der Waals surface area contributed by atoms with Gasteiger partial charge in [0.25, 0.3) is 0 Å². The summed E-state index contributed by atoms with van der Waals surface area (Å²) in [5.41, 5.74) is 10.5. The second-order valence-corrected chi connectivity index (χ2v) is 10.3. The van der Waals surface area contributed by atoms with Crippen molar-refractivity contribution in [2.24, 2.45) is 5.73 Å². The lowest BCUT2D eigenvalue weighted by atomic mass is 10.1. The van der Waals surface area contributed by atoms with E-state index >= 15 is 0 Å². The van der Waals surface area contributed by atoms with Gasteiger partial charge in [-0.05, 0) is 72.2 Å². The maximum atomic E-state index is 13.9. The molecule has 0 radical (unpaired) electrons. The molecular formula is C36H42FN3O4. The van der Waals surface area contributed by atoms with Crippen molar-refractivity contribution in [2.45, 2.75) is 52.4 Å². The number of aryl methyl sites for hydroxylation is 2. The average Bonchev–Trinajstić information content (AvgIpc) is 3.04. The van der Waals surface area contributed by atoms with Crippen LogP contribution >= 0.6 is 0 Å². The van der Waals surface area contributed by atoms with Crippen LogP contribution in [0.2, 0.25) is 0 Å². The fourth-order valence-electron chi connectivity index (χ4n) is 4.29. The highest BCUT2D eigenvalue weighted by atomic mass is 19.1. The van der Waals surface area contributed by atoms with Crippen LogP contribution in [0, 0.1) is 5.82 Å². The van der Waals surface area contributed by atoms with Crippen LogP contribution in [-0.2, 0) is 42.1 Å². The first-order valence-electron chi connectivity index (χ1n) is 14.9. The number of ether oxygens (including phenoxy) is 2. The maximum Gasteiger partial charge on any atom is 0.407 e. The highest BCUT2D eigenvalue weighted by Crippen LogP contribution is 2.19. The number of hydrogen-bond acceptors (Lipinski definition) is 5. The number of nitrogens with one attached hydrogen (secondary N) is 2. The third-order valence-electron chi connectivity index (χ3n) is 6.60. The van der Waals surface area contributed by atoms with Crippen molar-refractivity contribution >= 4 is 12.0 Å². The average molecular weight is 600 g/mol. The minimum atomic E-state index is -0.655. The Balaban J connectivity index is 0.000000297. The Hall–Kier alpha value is -4.69. The normalized spacial score (nSPS) is 10.3. The predicted molar refractivity (Wildman–Crippen MR) is 171 cm³/mol. The van der Waals surface area contributed by atoms with Crippen LogP contribution in [0.1, 0.15) is 47.6 Å². The molecule has 8 heteroatoms. The molecule has 0 unspecified atom stereocenters. The van der Waals surface area contributed by atoms with Gasteiger partial charge < -0.3 is 25.8 Å². The number of hydrogen-bond donors (Lipinski definition) is 3. The van der Waals surface area contributed by atoms with E-state index in [1.807, 2.05) is 66.7 Å². The Morgan fingerprint density at radius 3 is 2.09 bits per heavy atom. The largest absolute Gasteiger partial charge is 0.489 e. The van der Waals surface area contributed by atoms with Gasteiger partial charge in [-0.2, -0.15) is 0 Å². The number of primary amides is 1. The van der Waals surface area contributed by atoms with E-state index in [-0.39, 0.29) is 19.0 Å². The quantitative estimate of drug-likeness (QED) is 0.136. The molecule has 0 spiro atoms. The molecule has 2 amide bonds. The molecule has 0 aliphatic carbocycles. The molecule has 7 nitrogen and oxygen atoms in total. The van der Waals surface area contributed by atoms with Crippen LogP contribution in [-0.4, -0.2) is 25.1 Å². The van der Waals surface area contributed by atoms with Gasteiger partial charge in [0.2, 0.25) is 5.91 Å². The van der Waals surface area contributed by atoms with Gasteiger partial charge in [-0.25, -0.2) is 9.18 Å². The molecular weight excluding hydrogens is 557 g/mol. The molecule has 0 heterocycles. The van der Waals surface area contributed by atoms with E-state index in [0.717, 1.165) is 55.5 Å². The molecule has 4 aromatic rings. The summed E-state index contributed by atoms with van der Waals surface area (Å²) in [6.07, 6.45) is 3.34. The fourth-order valence-corrected chi connectivity index (χ4v) is 4.29. The van der Waals surface area contributed by atoms with Crippen molar-refractivity contribution in [3.05, 3.63) is 137 Å². The van der Waals surface area contributed by atoms with E-state index in [1.165, 1.54) is 17.2 Å². The standard InChI is InChI=1S/C26H30FNO.C10H12N2O3/c1-2-21-12-8-13-24(15-21)19-28-14-7-6-11-23-16-25(27)18-26(17-23)29-20-22-9-4-3-5-10-22;11-9(13)6-12-10(14)15-7-8-4-2-1-3-5-8/h3-5,8-10,12-13,15-18,28H,2,6-7,11,14,19-20H2,1H3;1-5H,6-7H2,(H2,11,13)(H,12,14). The summed E-state index contributed by atoms with van der Waals surface area (Å²) in [6, 6.07) is 32.9. The zero-order valence-corrected chi connectivity index (χ0v) is 25.3. The zero-order chi connectivity index (χ0) is 31.4. The monoisotopic (exact) mass is 599 g/mol. The summed E-state index contributed by atoms with van der Waals surface area (Å²) in [6.45, 7) is 4.44. The van der Waals surface area contributed by atoms with E-state index in [0.29, 0.717) is 12.4 Å². The Morgan fingerprint density at radius 2 is 1.41 bits per heavy atom. The van der Waals surface area contributed by atoms with Crippen molar-refractivity contribution in [3.8, 4) is 5.75 Å². The molecule has 0 saturated heterocycles. The number of carbonyl (C=O) groups is 2. The van der Waals surface area contributed by atoms with Gasteiger partial charge in [0.1, 0.15) is 24.8 Å². The van der Waals surface area contributed by atoms with Crippen molar-refractivity contribution in [1.29, 1.82) is 0 Å². The molecule has 0 atom stereocenters. The lowest BCUT2D eigenvalue weighted by molar-refractivity contribution is -0.117. The molecule has 44 heavy (non-hydrogen) atoms. The highest BCUT2D eigenvalue weighted by Gasteiger charge is 2.05. The number of rotatable bonds is 15. The molecule has 0 aliphatic rings. The minimum absolute atomic E-state index is 0.172. The Kier molecular flexibility index (Phi) is 15.0. The first-order chi connectivity index (χ1) is 21.4. The van der Waals surface area contributed by atoms with Gasteiger partial charge in [0.15, 0.2) is 0 Å².